The van der Waals surface area contributed by atoms with Gasteiger partial charge in [-0.3, -0.25) is 0 Å². The highest BCUT2D eigenvalue weighted by Crippen LogP contribution is 2.32. The molecule has 1 aliphatic heterocycles. The average molecular weight is 268 g/mol. The summed E-state index contributed by atoms with van der Waals surface area (Å²) in [5.41, 5.74) is 0.353. The van der Waals surface area contributed by atoms with E-state index in [4.69, 9.17) is 4.74 Å². The van der Waals surface area contributed by atoms with Crippen LogP contribution in [0.5, 0.6) is 0 Å². The molecule has 0 amide bonds. The van der Waals surface area contributed by atoms with Crippen LogP contribution in [0, 0.1) is 11.3 Å². The fourth-order valence-corrected chi connectivity index (χ4v) is 3.82. The molecule has 2 rings (SSSR count). The summed E-state index contributed by atoms with van der Waals surface area (Å²) in [7, 11) is 2.33. The van der Waals surface area contributed by atoms with Crippen LogP contribution < -0.4 is 5.32 Å². The van der Waals surface area contributed by atoms with Gasteiger partial charge in [0.1, 0.15) is 0 Å². The van der Waals surface area contributed by atoms with Gasteiger partial charge in [0.15, 0.2) is 0 Å². The normalized spacial score (nSPS) is 36.0. The third-order valence-corrected chi connectivity index (χ3v) is 5.05. The lowest BCUT2D eigenvalue weighted by molar-refractivity contribution is 0.0817. The van der Waals surface area contributed by atoms with Gasteiger partial charge in [0, 0.05) is 31.2 Å². The van der Waals surface area contributed by atoms with E-state index in [9.17, 15) is 0 Å². The van der Waals surface area contributed by atoms with Crippen molar-refractivity contribution in [2.45, 2.75) is 52.0 Å². The second-order valence-corrected chi connectivity index (χ2v) is 6.92. The molecule has 112 valence electrons. The molecule has 2 aliphatic rings. The van der Waals surface area contributed by atoms with Crippen LogP contribution >= 0.6 is 0 Å². The van der Waals surface area contributed by atoms with Crippen molar-refractivity contribution in [3.05, 3.63) is 0 Å². The SMILES string of the molecule is CCNCC1(CN(C)C2CCCC(C)C2)CCOC1. The Labute approximate surface area is 119 Å². The molecule has 1 heterocycles. The molecule has 0 bridgehead atoms. The number of nitrogens with zero attached hydrogens (tertiary/aromatic N) is 1. The molecule has 2 fully saturated rings. The van der Waals surface area contributed by atoms with Gasteiger partial charge >= 0.3 is 0 Å². The summed E-state index contributed by atoms with van der Waals surface area (Å²) in [4.78, 5) is 2.63. The van der Waals surface area contributed by atoms with E-state index in [1.165, 1.54) is 38.6 Å². The second-order valence-electron chi connectivity index (χ2n) is 6.92. The van der Waals surface area contributed by atoms with E-state index in [1.54, 1.807) is 0 Å². The van der Waals surface area contributed by atoms with Crippen LogP contribution in [-0.2, 0) is 4.74 Å². The lowest BCUT2D eigenvalue weighted by atomic mass is 9.83. The molecule has 3 unspecified atom stereocenters. The Morgan fingerprint density at radius 1 is 1.37 bits per heavy atom. The van der Waals surface area contributed by atoms with E-state index >= 15 is 0 Å². The average Bonchev–Trinajstić information content (AvgIpc) is 2.85. The third-order valence-electron chi connectivity index (χ3n) is 5.05. The minimum absolute atomic E-state index is 0.353. The lowest BCUT2D eigenvalue weighted by Crippen LogP contribution is -2.47. The smallest absolute Gasteiger partial charge is 0.0547 e. The van der Waals surface area contributed by atoms with E-state index < -0.39 is 0 Å². The zero-order valence-corrected chi connectivity index (χ0v) is 13.1. The number of ether oxygens (including phenoxy) is 1. The zero-order valence-electron chi connectivity index (χ0n) is 13.1. The van der Waals surface area contributed by atoms with Crippen LogP contribution in [0.4, 0.5) is 0 Å². The summed E-state index contributed by atoms with van der Waals surface area (Å²) in [5.74, 6) is 0.908. The molecule has 1 aliphatic carbocycles. The molecular formula is C16H32N2O. The fraction of sp³-hybridized carbons (Fsp3) is 1.00. The minimum atomic E-state index is 0.353. The number of rotatable bonds is 6. The topological polar surface area (TPSA) is 24.5 Å². The Morgan fingerprint density at radius 3 is 2.84 bits per heavy atom. The first-order chi connectivity index (χ1) is 9.15. The van der Waals surface area contributed by atoms with E-state index in [1.807, 2.05) is 0 Å². The maximum atomic E-state index is 5.70. The zero-order chi connectivity index (χ0) is 13.7. The maximum absolute atomic E-state index is 5.70. The van der Waals surface area contributed by atoms with Crippen molar-refractivity contribution >= 4 is 0 Å². The van der Waals surface area contributed by atoms with Crippen molar-refractivity contribution in [2.24, 2.45) is 11.3 Å². The van der Waals surface area contributed by atoms with Gasteiger partial charge in [0.2, 0.25) is 0 Å². The Morgan fingerprint density at radius 2 is 2.21 bits per heavy atom. The summed E-state index contributed by atoms with van der Waals surface area (Å²) < 4.78 is 5.70. The van der Waals surface area contributed by atoms with Crippen LogP contribution in [-0.4, -0.2) is 50.8 Å². The number of hydrogen-bond donors (Lipinski definition) is 1. The van der Waals surface area contributed by atoms with Gasteiger partial charge in [-0.15, -0.1) is 0 Å². The molecule has 1 saturated heterocycles. The Bertz CT molecular complexity index is 263. The molecule has 0 radical (unpaired) electrons. The molecular weight excluding hydrogens is 236 g/mol. The Hall–Kier alpha value is -0.120. The Balaban J connectivity index is 1.88. The van der Waals surface area contributed by atoms with Crippen LogP contribution in [0.25, 0.3) is 0 Å². The molecule has 1 saturated carbocycles. The van der Waals surface area contributed by atoms with E-state index in [-0.39, 0.29) is 0 Å². The van der Waals surface area contributed by atoms with Crippen LogP contribution in [0.15, 0.2) is 0 Å². The summed E-state index contributed by atoms with van der Waals surface area (Å²) in [6, 6.07) is 0.794. The highest BCUT2D eigenvalue weighted by Gasteiger charge is 2.37. The summed E-state index contributed by atoms with van der Waals surface area (Å²) in [5, 5.41) is 3.54. The predicted octanol–water partition coefficient (Wildman–Crippen LogP) is 2.51. The lowest BCUT2D eigenvalue weighted by Gasteiger charge is -2.39. The van der Waals surface area contributed by atoms with E-state index in [0.29, 0.717) is 5.41 Å². The molecule has 0 aromatic rings. The van der Waals surface area contributed by atoms with Gasteiger partial charge in [-0.1, -0.05) is 26.7 Å². The van der Waals surface area contributed by atoms with Gasteiger partial charge < -0.3 is 15.0 Å². The summed E-state index contributed by atoms with van der Waals surface area (Å²) in [6.45, 7) is 9.84. The first kappa shape index (κ1) is 15.3. The van der Waals surface area contributed by atoms with Gasteiger partial charge in [-0.2, -0.15) is 0 Å². The van der Waals surface area contributed by atoms with E-state index in [2.05, 4.69) is 31.1 Å². The van der Waals surface area contributed by atoms with Crippen molar-refractivity contribution in [3.63, 3.8) is 0 Å². The van der Waals surface area contributed by atoms with E-state index in [0.717, 1.165) is 38.3 Å². The molecule has 3 atom stereocenters. The second kappa shape index (κ2) is 7.05. The van der Waals surface area contributed by atoms with Crippen molar-refractivity contribution in [3.8, 4) is 0 Å². The minimum Gasteiger partial charge on any atom is -0.381 e. The number of nitrogens with one attached hydrogen (secondary N) is 1. The molecule has 1 N–H and O–H groups in total. The van der Waals surface area contributed by atoms with Crippen molar-refractivity contribution < 1.29 is 4.74 Å². The highest BCUT2D eigenvalue weighted by atomic mass is 16.5. The first-order valence-corrected chi connectivity index (χ1v) is 8.14. The van der Waals surface area contributed by atoms with Gasteiger partial charge in [0.05, 0.1) is 6.61 Å². The van der Waals surface area contributed by atoms with Gasteiger partial charge in [-0.25, -0.2) is 0 Å². The highest BCUT2D eigenvalue weighted by molar-refractivity contribution is 4.90. The van der Waals surface area contributed by atoms with Crippen LogP contribution in [0.2, 0.25) is 0 Å². The third kappa shape index (κ3) is 4.17. The quantitative estimate of drug-likeness (QED) is 0.801. The molecule has 0 aromatic heterocycles. The summed E-state index contributed by atoms with van der Waals surface area (Å²) >= 11 is 0. The molecule has 3 heteroatoms. The standard InChI is InChI=1S/C16H32N2O/c1-4-17-11-16(8-9-19-13-16)12-18(3)15-7-5-6-14(2)10-15/h14-15,17H,4-13H2,1-3H3. The maximum Gasteiger partial charge on any atom is 0.0547 e. The number of hydrogen-bond acceptors (Lipinski definition) is 3. The van der Waals surface area contributed by atoms with Crippen LogP contribution in [0.1, 0.15) is 46.0 Å². The van der Waals surface area contributed by atoms with Gasteiger partial charge in [-0.05, 0) is 38.8 Å². The Kier molecular flexibility index (Phi) is 5.67. The first-order valence-electron chi connectivity index (χ1n) is 8.14. The summed E-state index contributed by atoms with van der Waals surface area (Å²) in [6.07, 6.45) is 6.82. The van der Waals surface area contributed by atoms with Crippen molar-refractivity contribution in [2.75, 3.05) is 39.9 Å². The molecule has 19 heavy (non-hydrogen) atoms. The van der Waals surface area contributed by atoms with Crippen molar-refractivity contribution in [1.29, 1.82) is 0 Å². The largest absolute Gasteiger partial charge is 0.381 e. The van der Waals surface area contributed by atoms with Gasteiger partial charge in [0.25, 0.3) is 0 Å². The van der Waals surface area contributed by atoms with Crippen LogP contribution in [0.3, 0.4) is 0 Å². The fourth-order valence-electron chi connectivity index (χ4n) is 3.82. The predicted molar refractivity (Wildman–Crippen MR) is 80.5 cm³/mol. The monoisotopic (exact) mass is 268 g/mol. The molecule has 3 nitrogen and oxygen atoms in total. The van der Waals surface area contributed by atoms with Crippen molar-refractivity contribution in [1.82, 2.24) is 10.2 Å². The molecule has 0 spiro atoms. The molecule has 0 aromatic carbocycles.